The fourth-order valence-electron chi connectivity index (χ4n) is 4.70. The first-order valence-electron chi connectivity index (χ1n) is 11.9. The van der Waals surface area contributed by atoms with Crippen LogP contribution in [-0.4, -0.2) is 16.4 Å². The second-order valence-electron chi connectivity index (χ2n) is 8.82. The van der Waals surface area contributed by atoms with Crippen LogP contribution >= 0.6 is 22.9 Å². The Hall–Kier alpha value is -4.13. The van der Waals surface area contributed by atoms with Crippen LogP contribution in [0.25, 0.3) is 10.4 Å². The van der Waals surface area contributed by atoms with Crippen molar-refractivity contribution in [2.45, 2.75) is 13.1 Å². The minimum atomic E-state index is -0.235. The Morgan fingerprint density at radius 1 is 0.838 bits per heavy atom. The van der Waals surface area contributed by atoms with E-state index in [-0.39, 0.29) is 16.8 Å². The van der Waals surface area contributed by atoms with E-state index in [0.717, 1.165) is 27.4 Å². The summed E-state index contributed by atoms with van der Waals surface area (Å²) in [5.74, 6) is -0.422. The topological polar surface area (TPSA) is 54.3 Å². The van der Waals surface area contributed by atoms with Crippen molar-refractivity contribution in [2.24, 2.45) is 0 Å². The molecule has 1 aliphatic rings. The maximum absolute atomic E-state index is 13.7. The van der Waals surface area contributed by atoms with E-state index in [1.165, 1.54) is 0 Å². The highest BCUT2D eigenvalue weighted by Crippen LogP contribution is 2.32. The number of halogens is 1. The molecule has 0 aliphatic carbocycles. The van der Waals surface area contributed by atoms with Crippen LogP contribution in [0.15, 0.2) is 103 Å². The monoisotopic (exact) mass is 523 g/mol. The second-order valence-corrected chi connectivity index (χ2v) is 10.2. The maximum atomic E-state index is 13.7. The largest absolute Gasteiger partial charge is 0.345 e. The van der Waals surface area contributed by atoms with Gasteiger partial charge in [0.05, 0.1) is 17.1 Å². The molecule has 1 aliphatic heterocycles. The summed E-state index contributed by atoms with van der Waals surface area (Å²) in [7, 11) is 0. The summed E-state index contributed by atoms with van der Waals surface area (Å²) in [6, 6.07) is 28.4. The Morgan fingerprint density at radius 2 is 1.68 bits per heavy atom. The third-order valence-electron chi connectivity index (χ3n) is 6.53. The molecule has 2 amide bonds. The van der Waals surface area contributed by atoms with Crippen molar-refractivity contribution in [1.29, 1.82) is 0 Å². The van der Waals surface area contributed by atoms with Crippen LogP contribution in [0.1, 0.15) is 32.0 Å². The van der Waals surface area contributed by atoms with Crippen molar-refractivity contribution in [3.63, 3.8) is 0 Å². The van der Waals surface area contributed by atoms with Crippen LogP contribution in [0.5, 0.6) is 0 Å². The molecule has 0 atom stereocenters. The molecule has 1 N–H and O–H groups in total. The number of thiophene rings is 1. The van der Waals surface area contributed by atoms with Crippen LogP contribution in [0.3, 0.4) is 0 Å². The summed E-state index contributed by atoms with van der Waals surface area (Å²) >= 11 is 8.21. The third-order valence-corrected chi connectivity index (χ3v) is 7.74. The summed E-state index contributed by atoms with van der Waals surface area (Å²) in [4.78, 5) is 29.7. The van der Waals surface area contributed by atoms with Gasteiger partial charge in [-0.25, -0.2) is 0 Å². The third kappa shape index (κ3) is 4.46. The number of rotatable bonds is 4. The van der Waals surface area contributed by atoms with E-state index in [0.29, 0.717) is 29.9 Å². The average molecular weight is 524 g/mol. The number of amides is 2. The lowest BCUT2D eigenvalue weighted by Gasteiger charge is -2.23. The smallest absolute Gasteiger partial charge is 0.260 e. The first kappa shape index (κ1) is 23.3. The zero-order chi connectivity index (χ0) is 25.4. The lowest BCUT2D eigenvalue weighted by molar-refractivity contribution is 0.0984. The number of benzene rings is 3. The van der Waals surface area contributed by atoms with Crippen molar-refractivity contribution in [3.8, 4) is 10.4 Å². The lowest BCUT2D eigenvalue weighted by Crippen LogP contribution is -2.30. The normalized spacial score (nSPS) is 12.4. The van der Waals surface area contributed by atoms with E-state index < -0.39 is 0 Å². The zero-order valence-corrected chi connectivity index (χ0v) is 21.3. The Bertz CT molecular complexity index is 1620. The molecule has 5 aromatic rings. The standard InChI is InChI=1S/C30H22ClN3O2S/c31-26-17-21(32-29(35)24-10-3-2-9-23(24)28-12-6-16-37-28)13-14-25(26)30(36)34-19-22-8-5-15-33(22)18-20-7-1-4-11-27(20)34/h1-17H,18-19H2,(H,32,35). The average Bonchev–Trinajstić information content (AvgIpc) is 3.58. The predicted molar refractivity (Wildman–Crippen MR) is 150 cm³/mol. The van der Waals surface area contributed by atoms with Gasteiger partial charge in [-0.15, -0.1) is 11.3 Å². The number of nitrogens with zero attached hydrogens (tertiary/aromatic N) is 2. The van der Waals surface area contributed by atoms with E-state index in [4.69, 9.17) is 11.6 Å². The van der Waals surface area contributed by atoms with Gasteiger partial charge in [0.2, 0.25) is 0 Å². The molecule has 0 spiro atoms. The molecule has 0 unspecified atom stereocenters. The molecule has 2 aromatic heterocycles. The molecule has 0 fully saturated rings. The van der Waals surface area contributed by atoms with Gasteiger partial charge in [-0.3, -0.25) is 9.59 Å². The molecule has 3 heterocycles. The van der Waals surface area contributed by atoms with Gasteiger partial charge in [0, 0.05) is 45.8 Å². The predicted octanol–water partition coefficient (Wildman–Crippen LogP) is 7.33. The number of para-hydroxylation sites is 1. The highest BCUT2D eigenvalue weighted by molar-refractivity contribution is 7.13. The Morgan fingerprint density at radius 3 is 2.51 bits per heavy atom. The highest BCUT2D eigenvalue weighted by atomic mass is 35.5. The van der Waals surface area contributed by atoms with Gasteiger partial charge >= 0.3 is 0 Å². The van der Waals surface area contributed by atoms with Crippen LogP contribution in [0.4, 0.5) is 11.4 Å². The van der Waals surface area contributed by atoms with Gasteiger partial charge in [-0.2, -0.15) is 0 Å². The highest BCUT2D eigenvalue weighted by Gasteiger charge is 2.26. The summed E-state index contributed by atoms with van der Waals surface area (Å²) < 4.78 is 2.15. The second kappa shape index (κ2) is 9.73. The Kier molecular flexibility index (Phi) is 6.12. The van der Waals surface area contributed by atoms with Gasteiger partial charge in [0.1, 0.15) is 0 Å². The quantitative estimate of drug-likeness (QED) is 0.268. The number of nitrogens with one attached hydrogen (secondary N) is 1. The summed E-state index contributed by atoms with van der Waals surface area (Å²) in [6.07, 6.45) is 2.03. The molecule has 0 saturated heterocycles. The molecule has 182 valence electrons. The van der Waals surface area contributed by atoms with E-state index >= 15 is 0 Å². The van der Waals surface area contributed by atoms with Crippen LogP contribution in [-0.2, 0) is 13.1 Å². The molecule has 37 heavy (non-hydrogen) atoms. The number of carbonyl (C=O) groups excluding carboxylic acids is 2. The molecular weight excluding hydrogens is 502 g/mol. The molecule has 5 nitrogen and oxygen atoms in total. The molecule has 7 heteroatoms. The lowest BCUT2D eigenvalue weighted by atomic mass is 10.1. The van der Waals surface area contributed by atoms with Crippen molar-refractivity contribution < 1.29 is 9.59 Å². The van der Waals surface area contributed by atoms with E-state index in [1.54, 1.807) is 40.5 Å². The van der Waals surface area contributed by atoms with Gasteiger partial charge in [0.15, 0.2) is 0 Å². The molecule has 0 saturated carbocycles. The van der Waals surface area contributed by atoms with Crippen LogP contribution in [0, 0.1) is 0 Å². The van der Waals surface area contributed by atoms with Gasteiger partial charge in [-0.1, -0.05) is 54.1 Å². The van der Waals surface area contributed by atoms with Gasteiger partial charge < -0.3 is 14.8 Å². The number of fused-ring (bicyclic) bond motifs is 2. The molecule has 6 rings (SSSR count). The van der Waals surface area contributed by atoms with Crippen LogP contribution < -0.4 is 10.2 Å². The number of anilines is 2. The number of carbonyl (C=O) groups is 2. The molecular formula is C30H22ClN3O2S. The van der Waals surface area contributed by atoms with Crippen LogP contribution in [0.2, 0.25) is 5.02 Å². The zero-order valence-electron chi connectivity index (χ0n) is 19.7. The Labute approximate surface area is 223 Å². The minimum Gasteiger partial charge on any atom is -0.345 e. The SMILES string of the molecule is O=C(Nc1ccc(C(=O)N2Cc3cccn3Cc3ccccc32)c(Cl)c1)c1ccccc1-c1cccs1. The fraction of sp³-hybridized carbons (Fsp3) is 0.0667. The maximum Gasteiger partial charge on any atom is 0.260 e. The van der Waals surface area contributed by atoms with Crippen molar-refractivity contribution in [1.82, 2.24) is 4.57 Å². The summed E-state index contributed by atoms with van der Waals surface area (Å²) in [5.41, 5.74) is 5.34. The first-order valence-corrected chi connectivity index (χ1v) is 13.1. The van der Waals surface area contributed by atoms with E-state index in [1.807, 2.05) is 78.3 Å². The number of aromatic nitrogens is 1. The fourth-order valence-corrected chi connectivity index (χ4v) is 5.73. The number of hydrogen-bond donors (Lipinski definition) is 1. The first-order chi connectivity index (χ1) is 18.1. The van der Waals surface area contributed by atoms with Gasteiger partial charge in [-0.05, 0) is 59.5 Å². The van der Waals surface area contributed by atoms with E-state index in [2.05, 4.69) is 9.88 Å². The van der Waals surface area contributed by atoms with Gasteiger partial charge in [0.25, 0.3) is 11.8 Å². The molecule has 0 bridgehead atoms. The molecule has 0 radical (unpaired) electrons. The summed E-state index contributed by atoms with van der Waals surface area (Å²) in [5, 5.41) is 5.20. The molecule has 3 aromatic carbocycles. The van der Waals surface area contributed by atoms with Crippen molar-refractivity contribution >= 4 is 46.1 Å². The Balaban J connectivity index is 1.27. The number of hydrogen-bond acceptors (Lipinski definition) is 3. The van der Waals surface area contributed by atoms with Crippen molar-refractivity contribution in [2.75, 3.05) is 10.2 Å². The van der Waals surface area contributed by atoms with Crippen molar-refractivity contribution in [3.05, 3.63) is 130 Å². The minimum absolute atomic E-state index is 0.187. The summed E-state index contributed by atoms with van der Waals surface area (Å²) in [6.45, 7) is 1.14. The van der Waals surface area contributed by atoms with E-state index in [9.17, 15) is 9.59 Å².